The molecule has 0 aliphatic carbocycles. The van der Waals surface area contributed by atoms with E-state index in [0.29, 0.717) is 5.92 Å². The van der Waals surface area contributed by atoms with Gasteiger partial charge in [-0.1, -0.05) is 6.92 Å². The van der Waals surface area contributed by atoms with Gasteiger partial charge in [0.1, 0.15) is 5.75 Å². The second kappa shape index (κ2) is 2.22. The van der Waals surface area contributed by atoms with Crippen LogP contribution >= 0.6 is 0 Å². The van der Waals surface area contributed by atoms with Crippen molar-refractivity contribution >= 4 is 0 Å². The molecule has 1 aromatic heterocycles. The lowest BCUT2D eigenvalue weighted by Gasteiger charge is -1.99. The summed E-state index contributed by atoms with van der Waals surface area (Å²) in [5.41, 5.74) is 2.19. The molecule has 0 aromatic carbocycles. The van der Waals surface area contributed by atoms with Crippen LogP contribution in [0.15, 0.2) is 12.1 Å². The molecule has 1 aliphatic heterocycles. The smallest absolute Gasteiger partial charge is 0.141 e. The number of aryl methyl sites for hydroxylation is 1. The second-order valence-electron chi connectivity index (χ2n) is 3.05. The van der Waals surface area contributed by atoms with Gasteiger partial charge in [-0.25, -0.2) is 0 Å². The first-order valence-electron chi connectivity index (χ1n) is 3.87. The van der Waals surface area contributed by atoms with Crippen molar-refractivity contribution in [1.29, 1.82) is 0 Å². The van der Waals surface area contributed by atoms with Gasteiger partial charge in [0.05, 0.1) is 12.3 Å². The van der Waals surface area contributed by atoms with Crippen molar-refractivity contribution < 1.29 is 4.74 Å². The Balaban J connectivity index is 2.52. The molecule has 1 atom stereocenters. The highest BCUT2D eigenvalue weighted by molar-refractivity contribution is 5.34. The Hall–Kier alpha value is -1.05. The number of ether oxygens (including phenoxy) is 1. The van der Waals surface area contributed by atoms with Gasteiger partial charge in [-0.05, 0) is 19.1 Å². The van der Waals surface area contributed by atoms with Crippen LogP contribution < -0.4 is 4.74 Å². The lowest BCUT2D eigenvalue weighted by molar-refractivity contribution is 0.337. The lowest BCUT2D eigenvalue weighted by atomic mass is 10.1. The SMILES string of the molecule is Cc1ccc2c(n1)C(C)CO2. The summed E-state index contributed by atoms with van der Waals surface area (Å²) in [7, 11) is 0. The zero-order chi connectivity index (χ0) is 7.84. The lowest BCUT2D eigenvalue weighted by Crippen LogP contribution is -1.95. The molecule has 0 saturated heterocycles. The van der Waals surface area contributed by atoms with Crippen LogP contribution in [0.3, 0.4) is 0 Å². The fraction of sp³-hybridized carbons (Fsp3) is 0.444. The van der Waals surface area contributed by atoms with Crippen molar-refractivity contribution in [3.63, 3.8) is 0 Å². The topological polar surface area (TPSA) is 22.1 Å². The Morgan fingerprint density at radius 3 is 3.18 bits per heavy atom. The molecular formula is C9H11NO. The molecular weight excluding hydrogens is 138 g/mol. The Kier molecular flexibility index (Phi) is 1.34. The second-order valence-corrected chi connectivity index (χ2v) is 3.05. The Labute approximate surface area is 66.2 Å². The summed E-state index contributed by atoms with van der Waals surface area (Å²) < 4.78 is 5.40. The number of pyridine rings is 1. The van der Waals surface area contributed by atoms with E-state index in [2.05, 4.69) is 11.9 Å². The van der Waals surface area contributed by atoms with E-state index >= 15 is 0 Å². The van der Waals surface area contributed by atoms with Crippen LogP contribution in [0, 0.1) is 6.92 Å². The molecule has 0 radical (unpaired) electrons. The van der Waals surface area contributed by atoms with Gasteiger partial charge in [-0.2, -0.15) is 0 Å². The molecule has 0 fully saturated rings. The summed E-state index contributed by atoms with van der Waals surface area (Å²) in [6.07, 6.45) is 0. The van der Waals surface area contributed by atoms with Gasteiger partial charge in [0.2, 0.25) is 0 Å². The van der Waals surface area contributed by atoms with E-state index in [4.69, 9.17) is 4.74 Å². The minimum atomic E-state index is 0.463. The van der Waals surface area contributed by atoms with E-state index in [-0.39, 0.29) is 0 Å². The molecule has 0 N–H and O–H groups in total. The highest BCUT2D eigenvalue weighted by Gasteiger charge is 2.20. The molecule has 2 nitrogen and oxygen atoms in total. The average molecular weight is 149 g/mol. The van der Waals surface area contributed by atoms with Crippen molar-refractivity contribution in [2.75, 3.05) is 6.61 Å². The van der Waals surface area contributed by atoms with Crippen LogP contribution in [0.2, 0.25) is 0 Å². The van der Waals surface area contributed by atoms with Crippen LogP contribution in [0.4, 0.5) is 0 Å². The molecule has 0 saturated carbocycles. The fourth-order valence-electron chi connectivity index (χ4n) is 1.33. The standard InChI is InChI=1S/C9H11NO/c1-6-5-11-8-4-3-7(2)10-9(6)8/h3-4,6H,5H2,1-2H3. The molecule has 0 spiro atoms. The first-order valence-corrected chi connectivity index (χ1v) is 3.87. The average Bonchev–Trinajstić information content (AvgIpc) is 2.33. The first-order chi connectivity index (χ1) is 5.27. The van der Waals surface area contributed by atoms with Gasteiger partial charge in [-0.3, -0.25) is 4.98 Å². The van der Waals surface area contributed by atoms with Crippen LogP contribution in [-0.2, 0) is 0 Å². The number of rotatable bonds is 0. The van der Waals surface area contributed by atoms with E-state index in [1.165, 1.54) is 0 Å². The maximum absolute atomic E-state index is 5.40. The van der Waals surface area contributed by atoms with Crippen molar-refractivity contribution in [2.45, 2.75) is 19.8 Å². The van der Waals surface area contributed by atoms with Gasteiger partial charge in [0, 0.05) is 11.6 Å². The maximum Gasteiger partial charge on any atom is 0.141 e. The highest BCUT2D eigenvalue weighted by atomic mass is 16.5. The van der Waals surface area contributed by atoms with Gasteiger partial charge in [0.25, 0.3) is 0 Å². The minimum Gasteiger partial charge on any atom is -0.491 e. The number of hydrogen-bond acceptors (Lipinski definition) is 2. The van der Waals surface area contributed by atoms with Crippen molar-refractivity contribution in [2.24, 2.45) is 0 Å². The number of aromatic nitrogens is 1. The third-order valence-corrected chi connectivity index (χ3v) is 1.98. The summed E-state index contributed by atoms with van der Waals surface area (Å²) in [5.74, 6) is 1.42. The minimum absolute atomic E-state index is 0.463. The zero-order valence-corrected chi connectivity index (χ0v) is 6.79. The monoisotopic (exact) mass is 149 g/mol. The Morgan fingerprint density at radius 1 is 1.55 bits per heavy atom. The summed E-state index contributed by atoms with van der Waals surface area (Å²) in [6, 6.07) is 3.98. The molecule has 0 amide bonds. The van der Waals surface area contributed by atoms with E-state index < -0.39 is 0 Å². The molecule has 1 unspecified atom stereocenters. The molecule has 2 heteroatoms. The summed E-state index contributed by atoms with van der Waals surface area (Å²) in [4.78, 5) is 4.41. The van der Waals surface area contributed by atoms with Crippen LogP contribution in [0.1, 0.15) is 24.2 Å². The van der Waals surface area contributed by atoms with Gasteiger partial charge in [0.15, 0.2) is 0 Å². The number of fused-ring (bicyclic) bond motifs is 1. The molecule has 0 bridgehead atoms. The van der Waals surface area contributed by atoms with Crippen molar-refractivity contribution in [3.8, 4) is 5.75 Å². The number of hydrogen-bond donors (Lipinski definition) is 0. The summed E-state index contributed by atoms with van der Waals surface area (Å²) in [5, 5.41) is 0. The maximum atomic E-state index is 5.40. The van der Waals surface area contributed by atoms with Gasteiger partial charge in [-0.15, -0.1) is 0 Å². The molecule has 2 heterocycles. The van der Waals surface area contributed by atoms with E-state index in [0.717, 1.165) is 23.7 Å². The third kappa shape index (κ3) is 0.985. The van der Waals surface area contributed by atoms with Crippen LogP contribution in [0.25, 0.3) is 0 Å². The van der Waals surface area contributed by atoms with Crippen LogP contribution in [-0.4, -0.2) is 11.6 Å². The third-order valence-electron chi connectivity index (χ3n) is 1.98. The molecule has 1 aliphatic rings. The van der Waals surface area contributed by atoms with Gasteiger partial charge >= 0.3 is 0 Å². The predicted octanol–water partition coefficient (Wildman–Crippen LogP) is 1.89. The summed E-state index contributed by atoms with van der Waals surface area (Å²) in [6.45, 7) is 4.93. The van der Waals surface area contributed by atoms with Crippen molar-refractivity contribution in [3.05, 3.63) is 23.5 Å². The fourth-order valence-corrected chi connectivity index (χ4v) is 1.33. The van der Waals surface area contributed by atoms with E-state index in [1.54, 1.807) is 0 Å². The molecule has 58 valence electrons. The van der Waals surface area contributed by atoms with Crippen molar-refractivity contribution in [1.82, 2.24) is 4.98 Å². The largest absolute Gasteiger partial charge is 0.491 e. The number of nitrogens with zero attached hydrogens (tertiary/aromatic N) is 1. The quantitative estimate of drug-likeness (QED) is 0.562. The molecule has 11 heavy (non-hydrogen) atoms. The Bertz CT molecular complexity index is 283. The molecule has 1 aromatic rings. The van der Waals surface area contributed by atoms with E-state index in [9.17, 15) is 0 Å². The van der Waals surface area contributed by atoms with Gasteiger partial charge < -0.3 is 4.74 Å². The predicted molar refractivity (Wildman–Crippen MR) is 42.9 cm³/mol. The summed E-state index contributed by atoms with van der Waals surface area (Å²) >= 11 is 0. The normalized spacial score (nSPS) is 21.1. The first kappa shape index (κ1) is 6.65. The molecule has 2 rings (SSSR count). The van der Waals surface area contributed by atoms with Crippen LogP contribution in [0.5, 0.6) is 5.75 Å². The zero-order valence-electron chi connectivity index (χ0n) is 6.79. The van der Waals surface area contributed by atoms with E-state index in [1.807, 2.05) is 19.1 Å². The highest BCUT2D eigenvalue weighted by Crippen LogP contribution is 2.31. The Morgan fingerprint density at radius 2 is 2.36 bits per heavy atom.